The summed E-state index contributed by atoms with van der Waals surface area (Å²) in [7, 11) is 3.04. The van der Waals surface area contributed by atoms with Crippen molar-refractivity contribution in [1.29, 1.82) is 0 Å². The number of amides is 1. The first kappa shape index (κ1) is 25.3. The average Bonchev–Trinajstić information content (AvgIpc) is 3.04. The first-order valence-corrected chi connectivity index (χ1v) is 10.9. The number of hydrogen-bond acceptors (Lipinski definition) is 3. The number of halogens is 3. The van der Waals surface area contributed by atoms with Crippen molar-refractivity contribution in [2.24, 2.45) is 5.41 Å². The number of carbonyl (C=O) groups is 1. The molecule has 0 radical (unpaired) electrons. The Balaban J connectivity index is 2.34. The number of rotatable bonds is 6. The molecule has 2 aromatic heterocycles. The van der Waals surface area contributed by atoms with Gasteiger partial charge in [-0.1, -0.05) is 57.2 Å². The van der Waals surface area contributed by atoms with E-state index < -0.39 is 17.8 Å². The summed E-state index contributed by atoms with van der Waals surface area (Å²) in [6, 6.07) is 13.7. The molecular weight excluding hydrogens is 443 g/mol. The third-order valence-electron chi connectivity index (χ3n) is 5.41. The van der Waals surface area contributed by atoms with Gasteiger partial charge in [-0.05, 0) is 29.5 Å². The minimum atomic E-state index is -4.67. The lowest BCUT2D eigenvalue weighted by Gasteiger charge is -2.27. The molecular formula is C26H30F3N3O2. The van der Waals surface area contributed by atoms with Gasteiger partial charge in [0.15, 0.2) is 0 Å². The van der Waals surface area contributed by atoms with Crippen molar-refractivity contribution in [2.75, 3.05) is 20.7 Å². The molecule has 0 bridgehead atoms. The molecule has 3 rings (SSSR count). The number of methoxy groups -OCH3 is 1. The molecule has 0 saturated heterocycles. The van der Waals surface area contributed by atoms with Crippen molar-refractivity contribution in [3.05, 3.63) is 71.0 Å². The number of carbonyl (C=O) groups excluding carboxylic acids is 1. The highest BCUT2D eigenvalue weighted by molar-refractivity contribution is 6.00. The highest BCUT2D eigenvalue weighted by Gasteiger charge is 2.42. The van der Waals surface area contributed by atoms with Crippen molar-refractivity contribution < 1.29 is 22.7 Å². The molecule has 0 unspecified atom stereocenters. The standard InChI is InChI=1S/C26H30F3N3O2/c1-17-21(19-13-10-14-20(30-19)34-6)22(24(33)31(5)16-25(2,3)4)32(23(17)26(27,28)29)15-18-11-8-7-9-12-18/h7-14H,15-16H2,1-6H3. The fourth-order valence-electron chi connectivity index (χ4n) is 4.20. The van der Waals surface area contributed by atoms with E-state index in [1.807, 2.05) is 20.8 Å². The van der Waals surface area contributed by atoms with E-state index in [2.05, 4.69) is 4.98 Å². The number of alkyl halides is 3. The minimum absolute atomic E-state index is 0.0406. The van der Waals surface area contributed by atoms with Crippen molar-refractivity contribution in [1.82, 2.24) is 14.5 Å². The fraction of sp³-hybridized carbons (Fsp3) is 0.385. The topological polar surface area (TPSA) is 47.4 Å². The Morgan fingerprint density at radius 2 is 1.71 bits per heavy atom. The number of ether oxygens (including phenoxy) is 1. The van der Waals surface area contributed by atoms with Gasteiger partial charge in [0.1, 0.15) is 11.4 Å². The number of pyridine rings is 1. The SMILES string of the molecule is COc1cccc(-c2c(C)c(C(F)(F)F)n(Cc3ccccc3)c2C(=O)N(C)CC(C)(C)C)n1. The molecule has 0 spiro atoms. The summed E-state index contributed by atoms with van der Waals surface area (Å²) in [6.07, 6.45) is -4.67. The zero-order valence-electron chi connectivity index (χ0n) is 20.3. The molecule has 2 heterocycles. The van der Waals surface area contributed by atoms with Gasteiger partial charge < -0.3 is 14.2 Å². The number of benzene rings is 1. The van der Waals surface area contributed by atoms with Crippen molar-refractivity contribution in [3.8, 4) is 17.1 Å². The highest BCUT2D eigenvalue weighted by atomic mass is 19.4. The molecule has 0 N–H and O–H groups in total. The zero-order valence-corrected chi connectivity index (χ0v) is 20.3. The smallest absolute Gasteiger partial charge is 0.431 e. The van der Waals surface area contributed by atoms with Gasteiger partial charge in [0.25, 0.3) is 5.91 Å². The van der Waals surface area contributed by atoms with Crippen LogP contribution in [0.25, 0.3) is 11.3 Å². The molecule has 5 nitrogen and oxygen atoms in total. The maximum atomic E-state index is 14.4. The zero-order chi connectivity index (χ0) is 25.3. The van der Waals surface area contributed by atoms with Crippen LogP contribution in [-0.4, -0.2) is 41.1 Å². The van der Waals surface area contributed by atoms with E-state index in [4.69, 9.17) is 4.74 Å². The van der Waals surface area contributed by atoms with Gasteiger partial charge in [-0.15, -0.1) is 0 Å². The molecule has 1 amide bonds. The van der Waals surface area contributed by atoms with Crippen LogP contribution in [0.3, 0.4) is 0 Å². The van der Waals surface area contributed by atoms with Crippen LogP contribution >= 0.6 is 0 Å². The predicted molar refractivity (Wildman–Crippen MR) is 126 cm³/mol. The summed E-state index contributed by atoms with van der Waals surface area (Å²) in [5, 5.41) is 0. The second kappa shape index (κ2) is 9.52. The van der Waals surface area contributed by atoms with Crippen LogP contribution in [0, 0.1) is 12.3 Å². The van der Waals surface area contributed by atoms with Crippen LogP contribution in [0.5, 0.6) is 5.88 Å². The van der Waals surface area contributed by atoms with Gasteiger partial charge in [0.05, 0.1) is 12.8 Å². The van der Waals surface area contributed by atoms with Gasteiger partial charge >= 0.3 is 6.18 Å². The number of nitrogens with zero attached hydrogens (tertiary/aromatic N) is 3. The van der Waals surface area contributed by atoms with Gasteiger partial charge in [0, 0.05) is 31.8 Å². The van der Waals surface area contributed by atoms with Crippen molar-refractivity contribution in [3.63, 3.8) is 0 Å². The van der Waals surface area contributed by atoms with Gasteiger partial charge in [-0.2, -0.15) is 13.2 Å². The van der Waals surface area contributed by atoms with Gasteiger partial charge in [-0.25, -0.2) is 4.98 Å². The van der Waals surface area contributed by atoms with Crippen molar-refractivity contribution >= 4 is 5.91 Å². The first-order valence-electron chi connectivity index (χ1n) is 10.9. The number of aromatic nitrogens is 2. The summed E-state index contributed by atoms with van der Waals surface area (Å²) < 4.78 is 49.5. The molecule has 3 aromatic rings. The van der Waals surface area contributed by atoms with Crippen LogP contribution in [0.2, 0.25) is 0 Å². The highest BCUT2D eigenvalue weighted by Crippen LogP contribution is 2.41. The second-order valence-electron chi connectivity index (χ2n) is 9.55. The summed E-state index contributed by atoms with van der Waals surface area (Å²) in [6.45, 7) is 7.56. The molecule has 0 fully saturated rings. The van der Waals surface area contributed by atoms with E-state index in [1.165, 1.54) is 18.9 Å². The third kappa shape index (κ3) is 5.43. The largest absolute Gasteiger partial charge is 0.481 e. The fourth-order valence-corrected chi connectivity index (χ4v) is 4.20. The Morgan fingerprint density at radius 3 is 2.26 bits per heavy atom. The molecule has 34 heavy (non-hydrogen) atoms. The third-order valence-corrected chi connectivity index (χ3v) is 5.41. The lowest BCUT2D eigenvalue weighted by Crippen LogP contribution is -2.36. The van der Waals surface area contributed by atoms with E-state index in [9.17, 15) is 18.0 Å². The first-order chi connectivity index (χ1) is 15.8. The van der Waals surface area contributed by atoms with E-state index >= 15 is 0 Å². The maximum absolute atomic E-state index is 14.4. The average molecular weight is 474 g/mol. The minimum Gasteiger partial charge on any atom is -0.481 e. The van der Waals surface area contributed by atoms with Gasteiger partial charge in [-0.3, -0.25) is 4.79 Å². The molecule has 0 aliphatic rings. The quantitative estimate of drug-likeness (QED) is 0.438. The molecule has 8 heteroatoms. The van der Waals surface area contributed by atoms with E-state index in [1.54, 1.807) is 55.6 Å². The van der Waals surface area contributed by atoms with Crippen LogP contribution in [0.4, 0.5) is 13.2 Å². The van der Waals surface area contributed by atoms with Crippen LogP contribution in [0.1, 0.15) is 48.1 Å². The summed E-state index contributed by atoms with van der Waals surface area (Å²) in [5.41, 5.74) is -0.117. The van der Waals surface area contributed by atoms with E-state index in [0.717, 1.165) is 4.57 Å². The Morgan fingerprint density at radius 1 is 1.06 bits per heavy atom. The maximum Gasteiger partial charge on any atom is 0.431 e. The number of hydrogen-bond donors (Lipinski definition) is 0. The predicted octanol–water partition coefficient (Wildman–Crippen LogP) is 6.05. The van der Waals surface area contributed by atoms with Gasteiger partial charge in [0.2, 0.25) is 5.88 Å². The Labute approximate surface area is 198 Å². The van der Waals surface area contributed by atoms with E-state index in [0.29, 0.717) is 12.1 Å². The molecule has 0 saturated carbocycles. The Kier molecular flexibility index (Phi) is 7.10. The Hall–Kier alpha value is -3.29. The normalized spacial score (nSPS) is 12.0. The second-order valence-corrected chi connectivity index (χ2v) is 9.55. The summed E-state index contributed by atoms with van der Waals surface area (Å²) >= 11 is 0. The lowest BCUT2D eigenvalue weighted by molar-refractivity contribution is -0.143. The van der Waals surface area contributed by atoms with Crippen LogP contribution in [-0.2, 0) is 12.7 Å². The van der Waals surface area contributed by atoms with E-state index in [-0.39, 0.29) is 40.4 Å². The Bertz CT molecular complexity index is 1160. The molecule has 182 valence electrons. The molecule has 0 aliphatic heterocycles. The monoisotopic (exact) mass is 473 g/mol. The van der Waals surface area contributed by atoms with Crippen molar-refractivity contribution in [2.45, 2.75) is 40.4 Å². The molecule has 0 aliphatic carbocycles. The van der Waals surface area contributed by atoms with Crippen LogP contribution < -0.4 is 4.74 Å². The summed E-state index contributed by atoms with van der Waals surface area (Å²) in [4.78, 5) is 19.6. The summed E-state index contributed by atoms with van der Waals surface area (Å²) in [5.74, 6) is -0.244. The lowest BCUT2D eigenvalue weighted by atomic mass is 9.96. The van der Waals surface area contributed by atoms with Crippen LogP contribution in [0.15, 0.2) is 48.5 Å². The molecule has 0 atom stereocenters. The molecule has 1 aromatic carbocycles.